The fourth-order valence-electron chi connectivity index (χ4n) is 3.69. The Bertz CT molecular complexity index is 1410. The molecule has 0 aromatic heterocycles. The van der Waals surface area contributed by atoms with Crippen molar-refractivity contribution in [2.45, 2.75) is 13.8 Å². The summed E-state index contributed by atoms with van der Waals surface area (Å²) in [6.07, 6.45) is 1.34. The molecule has 37 heavy (non-hydrogen) atoms. The predicted molar refractivity (Wildman–Crippen MR) is 136 cm³/mol. The number of aryl methyl sites for hydroxylation is 1. The second kappa shape index (κ2) is 10.8. The van der Waals surface area contributed by atoms with Gasteiger partial charge in [-0.25, -0.2) is 14.5 Å². The number of amides is 4. The van der Waals surface area contributed by atoms with E-state index in [4.69, 9.17) is 14.2 Å². The third kappa shape index (κ3) is 5.51. The molecule has 1 aliphatic rings. The molecule has 1 heterocycles. The molecule has 9 nitrogen and oxygen atoms in total. The molecular formula is C28H24N2O7. The number of hydrogen-bond acceptors (Lipinski definition) is 7. The van der Waals surface area contributed by atoms with E-state index < -0.39 is 23.8 Å². The lowest BCUT2D eigenvalue weighted by Crippen LogP contribution is -2.54. The standard InChI is InChI=1S/C28H24N2O7/c1-4-36-24-16-18(8-13-23(24)37-27(33)19-7-5-6-17(2)14-19)15-22-25(31)29-28(34)30(26(22)32)20-9-11-21(35-3)12-10-20/h5-16H,4H2,1-3H3,(H,29,31,34)/b22-15+. The molecule has 1 N–H and O–H groups in total. The second-order valence-corrected chi connectivity index (χ2v) is 8.05. The molecule has 0 radical (unpaired) electrons. The topological polar surface area (TPSA) is 111 Å². The number of rotatable bonds is 7. The Morgan fingerprint density at radius 2 is 1.73 bits per heavy atom. The van der Waals surface area contributed by atoms with Crippen molar-refractivity contribution in [3.63, 3.8) is 0 Å². The normalized spacial score (nSPS) is 14.4. The minimum atomic E-state index is -0.856. The van der Waals surface area contributed by atoms with Gasteiger partial charge in [0.1, 0.15) is 11.3 Å². The molecule has 3 aromatic rings. The zero-order valence-electron chi connectivity index (χ0n) is 20.4. The van der Waals surface area contributed by atoms with Crippen LogP contribution in [0.4, 0.5) is 10.5 Å². The maximum absolute atomic E-state index is 13.2. The first-order chi connectivity index (χ1) is 17.8. The number of esters is 1. The average Bonchev–Trinajstić information content (AvgIpc) is 2.88. The number of nitrogens with zero attached hydrogens (tertiary/aromatic N) is 1. The Labute approximate surface area is 213 Å². The summed E-state index contributed by atoms with van der Waals surface area (Å²) in [5.41, 5.74) is 1.76. The monoisotopic (exact) mass is 500 g/mol. The highest BCUT2D eigenvalue weighted by atomic mass is 16.6. The summed E-state index contributed by atoms with van der Waals surface area (Å²) in [5, 5.41) is 2.18. The highest BCUT2D eigenvalue weighted by Gasteiger charge is 2.36. The number of urea groups is 1. The van der Waals surface area contributed by atoms with Gasteiger partial charge in [-0.1, -0.05) is 23.8 Å². The van der Waals surface area contributed by atoms with Crippen molar-refractivity contribution in [3.8, 4) is 17.2 Å². The van der Waals surface area contributed by atoms with E-state index in [0.717, 1.165) is 10.5 Å². The zero-order valence-corrected chi connectivity index (χ0v) is 20.4. The third-order valence-electron chi connectivity index (χ3n) is 5.47. The lowest BCUT2D eigenvalue weighted by molar-refractivity contribution is -0.122. The molecule has 9 heteroatoms. The van der Waals surface area contributed by atoms with Gasteiger partial charge in [-0.15, -0.1) is 0 Å². The van der Waals surface area contributed by atoms with Gasteiger partial charge in [-0.3, -0.25) is 14.9 Å². The van der Waals surface area contributed by atoms with E-state index >= 15 is 0 Å². The average molecular weight is 501 g/mol. The minimum Gasteiger partial charge on any atom is -0.497 e. The molecule has 4 rings (SSSR count). The first-order valence-electron chi connectivity index (χ1n) is 11.4. The minimum absolute atomic E-state index is 0.185. The largest absolute Gasteiger partial charge is 0.497 e. The van der Waals surface area contributed by atoms with E-state index in [2.05, 4.69) is 5.32 Å². The lowest BCUT2D eigenvalue weighted by atomic mass is 10.1. The number of methoxy groups -OCH3 is 1. The first kappa shape index (κ1) is 25.2. The molecule has 188 valence electrons. The molecule has 0 saturated carbocycles. The van der Waals surface area contributed by atoms with Crippen LogP contribution in [0.5, 0.6) is 17.2 Å². The Morgan fingerprint density at radius 1 is 0.973 bits per heavy atom. The van der Waals surface area contributed by atoms with Crippen LogP contribution in [0, 0.1) is 6.92 Å². The van der Waals surface area contributed by atoms with Crippen LogP contribution in [0.3, 0.4) is 0 Å². The van der Waals surface area contributed by atoms with Crippen molar-refractivity contribution in [1.29, 1.82) is 0 Å². The van der Waals surface area contributed by atoms with Gasteiger partial charge >= 0.3 is 12.0 Å². The van der Waals surface area contributed by atoms with Crippen LogP contribution in [-0.4, -0.2) is 37.5 Å². The number of imide groups is 2. The number of anilines is 1. The molecule has 0 unspecified atom stereocenters. The molecule has 0 spiro atoms. The quantitative estimate of drug-likeness (QED) is 0.223. The van der Waals surface area contributed by atoms with Gasteiger partial charge < -0.3 is 14.2 Å². The molecule has 0 atom stereocenters. The highest BCUT2D eigenvalue weighted by molar-refractivity contribution is 6.39. The molecule has 4 amide bonds. The van der Waals surface area contributed by atoms with Gasteiger partial charge in [0.05, 0.1) is 25.0 Å². The summed E-state index contributed by atoms with van der Waals surface area (Å²) in [6.45, 7) is 3.93. The van der Waals surface area contributed by atoms with Gasteiger partial charge in [0.25, 0.3) is 11.8 Å². The fraction of sp³-hybridized carbons (Fsp3) is 0.143. The molecule has 3 aromatic carbocycles. The van der Waals surface area contributed by atoms with Crippen molar-refractivity contribution in [2.75, 3.05) is 18.6 Å². The van der Waals surface area contributed by atoms with Crippen molar-refractivity contribution < 1.29 is 33.4 Å². The summed E-state index contributed by atoms with van der Waals surface area (Å²) in [4.78, 5) is 51.6. The van der Waals surface area contributed by atoms with Crippen LogP contribution in [0.2, 0.25) is 0 Å². The molecule has 1 saturated heterocycles. The highest BCUT2D eigenvalue weighted by Crippen LogP contribution is 2.31. The van der Waals surface area contributed by atoms with Crippen LogP contribution in [0.1, 0.15) is 28.4 Å². The number of barbiturate groups is 1. The van der Waals surface area contributed by atoms with Crippen LogP contribution < -0.4 is 24.4 Å². The van der Waals surface area contributed by atoms with E-state index in [0.29, 0.717) is 16.9 Å². The fourth-order valence-corrected chi connectivity index (χ4v) is 3.69. The van der Waals surface area contributed by atoms with Gasteiger partial charge in [0.15, 0.2) is 11.5 Å². The van der Waals surface area contributed by atoms with E-state index in [-0.39, 0.29) is 29.4 Å². The number of benzene rings is 3. The maximum atomic E-state index is 13.2. The Hall–Kier alpha value is -4.92. The molecule has 1 aliphatic heterocycles. The van der Waals surface area contributed by atoms with Gasteiger partial charge in [-0.2, -0.15) is 0 Å². The zero-order chi connectivity index (χ0) is 26.5. The molecular weight excluding hydrogens is 476 g/mol. The SMILES string of the molecule is CCOc1cc(/C=C2\C(=O)NC(=O)N(c3ccc(OC)cc3)C2=O)ccc1OC(=O)c1cccc(C)c1. The van der Waals surface area contributed by atoms with E-state index in [1.807, 2.05) is 13.0 Å². The first-order valence-corrected chi connectivity index (χ1v) is 11.4. The van der Waals surface area contributed by atoms with Crippen LogP contribution in [0.15, 0.2) is 72.3 Å². The third-order valence-corrected chi connectivity index (χ3v) is 5.47. The lowest BCUT2D eigenvalue weighted by Gasteiger charge is -2.26. The molecule has 1 fully saturated rings. The number of hydrogen-bond donors (Lipinski definition) is 1. The Kier molecular flexibility index (Phi) is 7.34. The maximum Gasteiger partial charge on any atom is 0.343 e. The summed E-state index contributed by atoms with van der Waals surface area (Å²) >= 11 is 0. The van der Waals surface area contributed by atoms with Crippen molar-refractivity contribution in [3.05, 3.63) is 89.0 Å². The number of carbonyl (C=O) groups is 4. The Balaban J connectivity index is 1.63. The van der Waals surface area contributed by atoms with E-state index in [1.165, 1.54) is 31.4 Å². The van der Waals surface area contributed by atoms with Gasteiger partial charge in [0.2, 0.25) is 0 Å². The van der Waals surface area contributed by atoms with Gasteiger partial charge in [0, 0.05) is 0 Å². The number of ether oxygens (including phenoxy) is 3. The van der Waals surface area contributed by atoms with Crippen LogP contribution in [0.25, 0.3) is 6.08 Å². The van der Waals surface area contributed by atoms with Crippen molar-refractivity contribution in [1.82, 2.24) is 5.32 Å². The number of carbonyl (C=O) groups excluding carboxylic acids is 4. The summed E-state index contributed by atoms with van der Waals surface area (Å²) in [7, 11) is 1.50. The second-order valence-electron chi connectivity index (χ2n) is 8.05. The Morgan fingerprint density at radius 3 is 2.41 bits per heavy atom. The van der Waals surface area contributed by atoms with E-state index in [9.17, 15) is 19.2 Å². The van der Waals surface area contributed by atoms with Gasteiger partial charge in [-0.05, 0) is 74.0 Å². The predicted octanol–water partition coefficient (Wildman–Crippen LogP) is 4.29. The summed E-state index contributed by atoms with van der Waals surface area (Å²) in [5.74, 6) is -1.17. The van der Waals surface area contributed by atoms with Crippen molar-refractivity contribution >= 4 is 35.6 Å². The molecule has 0 aliphatic carbocycles. The van der Waals surface area contributed by atoms with Crippen LogP contribution in [-0.2, 0) is 9.59 Å². The molecule has 0 bridgehead atoms. The van der Waals surface area contributed by atoms with Crippen LogP contribution >= 0.6 is 0 Å². The summed E-state index contributed by atoms with van der Waals surface area (Å²) < 4.78 is 16.3. The van der Waals surface area contributed by atoms with Crippen molar-refractivity contribution in [2.24, 2.45) is 0 Å². The number of nitrogens with one attached hydrogen (secondary N) is 1. The van der Waals surface area contributed by atoms with E-state index in [1.54, 1.807) is 49.4 Å². The smallest absolute Gasteiger partial charge is 0.343 e. The summed E-state index contributed by atoms with van der Waals surface area (Å²) in [6, 6.07) is 17.0.